The van der Waals surface area contributed by atoms with Crippen molar-refractivity contribution in [3.63, 3.8) is 0 Å². The normalized spacial score (nSPS) is 25.9. The molecule has 1 heterocycles. The first kappa shape index (κ1) is 8.59. The van der Waals surface area contributed by atoms with Crippen molar-refractivity contribution < 1.29 is 0 Å². The zero-order chi connectivity index (χ0) is 9.47. The zero-order valence-electron chi connectivity index (χ0n) is 7.31. The lowest BCUT2D eigenvalue weighted by atomic mass is 10.2. The fourth-order valence-corrected chi connectivity index (χ4v) is 1.42. The van der Waals surface area contributed by atoms with Crippen LogP contribution in [0.15, 0.2) is 29.3 Å². The highest BCUT2D eigenvalue weighted by Crippen LogP contribution is 2.18. The number of benzene rings is 1. The second kappa shape index (κ2) is 2.75. The summed E-state index contributed by atoms with van der Waals surface area (Å²) in [5.74, 6) is 5.73. The smallest absolute Gasteiger partial charge is 0.187 e. The molecule has 0 bridgehead atoms. The molecule has 4 heteroatoms. The van der Waals surface area contributed by atoms with Gasteiger partial charge in [-0.05, 0) is 13.0 Å². The number of hydrogen-bond acceptors (Lipinski definition) is 4. The quantitative estimate of drug-likeness (QED) is 0.444. The number of nitrogens with two attached hydrogens (primary N) is 1. The highest BCUT2D eigenvalue weighted by molar-refractivity contribution is 7.81. The number of fused-ring (bicyclic) bond motifs is 1. The van der Waals surface area contributed by atoms with Crippen molar-refractivity contribution in [3.8, 4) is 0 Å². The molecule has 0 radical (unpaired) electrons. The fraction of sp³-hybridized carbons (Fsp3) is 0.222. The van der Waals surface area contributed by atoms with E-state index in [1.165, 1.54) is 5.01 Å². The summed E-state index contributed by atoms with van der Waals surface area (Å²) in [5, 5.41) is 3.46. The Kier molecular flexibility index (Phi) is 1.82. The van der Waals surface area contributed by atoms with E-state index in [2.05, 4.69) is 17.6 Å². The van der Waals surface area contributed by atoms with Crippen LogP contribution in [0.3, 0.4) is 0 Å². The molecule has 0 aliphatic carbocycles. The fourth-order valence-electron chi connectivity index (χ4n) is 1.26. The Morgan fingerprint density at radius 2 is 2.15 bits per heavy atom. The Morgan fingerprint density at radius 3 is 2.92 bits per heavy atom. The molecular formula is C9H11N3S. The van der Waals surface area contributed by atoms with Gasteiger partial charge in [-0.15, -0.1) is 12.6 Å². The number of hydrazine groups is 1. The summed E-state index contributed by atoms with van der Waals surface area (Å²) in [7, 11) is 0. The molecule has 1 aromatic carbocycles. The number of para-hydroxylation sites is 1. The lowest BCUT2D eigenvalue weighted by molar-refractivity contribution is 0.298. The van der Waals surface area contributed by atoms with Crippen molar-refractivity contribution in [1.29, 1.82) is 0 Å². The molecule has 1 aliphatic heterocycles. The van der Waals surface area contributed by atoms with Crippen molar-refractivity contribution >= 4 is 18.8 Å². The van der Waals surface area contributed by atoms with Gasteiger partial charge < -0.3 is 0 Å². The average molecular weight is 193 g/mol. The van der Waals surface area contributed by atoms with E-state index in [0.717, 1.165) is 10.6 Å². The molecule has 1 unspecified atom stereocenters. The summed E-state index contributed by atoms with van der Waals surface area (Å²) in [5.41, 5.74) is 0. The molecular weight excluding hydrogens is 182 g/mol. The van der Waals surface area contributed by atoms with Crippen molar-refractivity contribution in [2.45, 2.75) is 11.9 Å². The second-order valence-corrected chi connectivity index (χ2v) is 4.03. The molecule has 0 amide bonds. The van der Waals surface area contributed by atoms with E-state index in [0.29, 0.717) is 0 Å². The van der Waals surface area contributed by atoms with Crippen molar-refractivity contribution in [2.24, 2.45) is 10.8 Å². The second-order valence-electron chi connectivity index (χ2n) is 3.18. The average Bonchev–Trinajstić information content (AvgIpc) is 2.06. The van der Waals surface area contributed by atoms with Crippen LogP contribution in [-0.4, -0.2) is 10.0 Å². The van der Waals surface area contributed by atoms with Gasteiger partial charge in [-0.3, -0.25) is 5.01 Å². The summed E-state index contributed by atoms with van der Waals surface area (Å²) in [4.78, 5) is 3.75. The van der Waals surface area contributed by atoms with Gasteiger partial charge in [0.1, 0.15) is 0 Å². The molecule has 0 saturated heterocycles. The first-order valence-corrected chi connectivity index (χ1v) is 4.47. The largest absolute Gasteiger partial charge is 0.282 e. The lowest BCUT2D eigenvalue weighted by Crippen LogP contribution is -2.49. The van der Waals surface area contributed by atoms with E-state index >= 15 is 0 Å². The maximum Gasteiger partial charge on any atom is 0.187 e. The van der Waals surface area contributed by atoms with Gasteiger partial charge >= 0.3 is 0 Å². The van der Waals surface area contributed by atoms with Gasteiger partial charge in [0, 0.05) is 11.4 Å². The third-order valence-electron chi connectivity index (χ3n) is 2.04. The standard InChI is InChI=1S/C9H11N3S/c1-9(13)11-8-5-3-2-4-7(8)6-12(9)10/h2-6,13H,10H2,1H3. The summed E-state index contributed by atoms with van der Waals surface area (Å²) >= 11 is 4.34. The van der Waals surface area contributed by atoms with Crippen LogP contribution in [0.4, 0.5) is 0 Å². The Morgan fingerprint density at radius 1 is 1.46 bits per heavy atom. The molecule has 3 nitrogen and oxygen atoms in total. The summed E-state index contributed by atoms with van der Waals surface area (Å²) in [6.07, 6.45) is 1.84. The number of nitrogens with zero attached hydrogens (tertiary/aromatic N) is 2. The van der Waals surface area contributed by atoms with Crippen LogP contribution in [0.2, 0.25) is 0 Å². The molecule has 13 heavy (non-hydrogen) atoms. The molecule has 68 valence electrons. The Balaban J connectivity index is 2.74. The van der Waals surface area contributed by atoms with Crippen molar-refractivity contribution in [1.82, 2.24) is 5.01 Å². The number of rotatable bonds is 0. The lowest BCUT2D eigenvalue weighted by Gasteiger charge is -2.30. The predicted octanol–water partition coefficient (Wildman–Crippen LogP) is -0.163. The molecule has 1 aromatic rings. The van der Waals surface area contributed by atoms with E-state index < -0.39 is 4.99 Å². The molecule has 2 rings (SSSR count). The highest BCUT2D eigenvalue weighted by atomic mass is 32.1. The minimum Gasteiger partial charge on any atom is -0.282 e. The molecule has 0 saturated carbocycles. The third kappa shape index (κ3) is 1.43. The number of thiol groups is 1. The maximum absolute atomic E-state index is 5.73. The van der Waals surface area contributed by atoms with Gasteiger partial charge in [-0.1, -0.05) is 18.2 Å². The van der Waals surface area contributed by atoms with Crippen LogP contribution >= 0.6 is 12.6 Å². The minimum absolute atomic E-state index is 0.644. The molecule has 1 aliphatic rings. The van der Waals surface area contributed by atoms with Gasteiger partial charge in [0.15, 0.2) is 4.99 Å². The molecule has 2 N–H and O–H groups in total. The van der Waals surface area contributed by atoms with Gasteiger partial charge in [0.25, 0.3) is 0 Å². The molecule has 0 fully saturated rings. The van der Waals surface area contributed by atoms with Crippen LogP contribution in [0, 0.1) is 0 Å². The molecule has 0 spiro atoms. The Bertz CT molecular complexity index is 438. The van der Waals surface area contributed by atoms with Crippen LogP contribution in [0.25, 0.3) is 6.20 Å². The third-order valence-corrected chi connectivity index (χ3v) is 2.37. The van der Waals surface area contributed by atoms with E-state index in [-0.39, 0.29) is 0 Å². The van der Waals surface area contributed by atoms with Gasteiger partial charge in [0.2, 0.25) is 0 Å². The van der Waals surface area contributed by atoms with E-state index in [1.54, 1.807) is 0 Å². The first-order chi connectivity index (χ1) is 6.09. The van der Waals surface area contributed by atoms with E-state index in [9.17, 15) is 0 Å². The number of hydrogen-bond donors (Lipinski definition) is 2. The van der Waals surface area contributed by atoms with Crippen molar-refractivity contribution in [2.75, 3.05) is 0 Å². The summed E-state index contributed by atoms with van der Waals surface area (Å²) in [6.45, 7) is 1.85. The van der Waals surface area contributed by atoms with E-state index in [1.807, 2.05) is 37.4 Å². The Hall–Kier alpha value is -1.00. The van der Waals surface area contributed by atoms with Gasteiger partial charge in [0.05, 0.1) is 5.36 Å². The highest BCUT2D eigenvalue weighted by Gasteiger charge is 2.23. The predicted molar refractivity (Wildman–Crippen MR) is 55.1 cm³/mol. The van der Waals surface area contributed by atoms with E-state index in [4.69, 9.17) is 5.84 Å². The van der Waals surface area contributed by atoms with Crippen LogP contribution in [-0.2, 0) is 0 Å². The van der Waals surface area contributed by atoms with Crippen LogP contribution in [0.5, 0.6) is 0 Å². The van der Waals surface area contributed by atoms with Crippen molar-refractivity contribution in [3.05, 3.63) is 34.8 Å². The summed E-state index contributed by atoms with van der Waals surface area (Å²) < 4.78 is 0. The van der Waals surface area contributed by atoms with Gasteiger partial charge in [-0.2, -0.15) is 0 Å². The molecule has 0 aromatic heterocycles. The zero-order valence-corrected chi connectivity index (χ0v) is 8.20. The van der Waals surface area contributed by atoms with Crippen LogP contribution in [0.1, 0.15) is 6.92 Å². The minimum atomic E-state index is -0.644. The molecule has 1 atom stereocenters. The monoisotopic (exact) mass is 193 g/mol. The maximum atomic E-state index is 5.73. The van der Waals surface area contributed by atoms with Gasteiger partial charge in [-0.25, -0.2) is 10.8 Å². The van der Waals surface area contributed by atoms with Crippen LogP contribution < -0.4 is 16.4 Å². The topological polar surface area (TPSA) is 41.6 Å². The summed E-state index contributed by atoms with van der Waals surface area (Å²) in [6, 6.07) is 7.83. The SMILES string of the molecule is CC1(S)N=c2ccccc2=CN1N. The first-order valence-electron chi connectivity index (χ1n) is 4.03. The Labute approximate surface area is 82.0 Å².